The molecule has 0 N–H and O–H groups in total. The Morgan fingerprint density at radius 3 is 2.32 bits per heavy atom. The lowest BCUT2D eigenvalue weighted by Crippen LogP contribution is -2.31. The van der Waals surface area contributed by atoms with Gasteiger partial charge in [-0.05, 0) is 95.5 Å². The Kier molecular flexibility index (Phi) is 6.37. The van der Waals surface area contributed by atoms with Gasteiger partial charge in [-0.25, -0.2) is 0 Å². The number of anilines is 2. The van der Waals surface area contributed by atoms with Crippen LogP contribution in [0.3, 0.4) is 0 Å². The lowest BCUT2D eigenvalue weighted by Gasteiger charge is -2.35. The predicted molar refractivity (Wildman–Crippen MR) is 150 cm³/mol. The van der Waals surface area contributed by atoms with Crippen molar-refractivity contribution < 1.29 is 9.53 Å². The molecule has 4 aromatic rings. The zero-order valence-electron chi connectivity index (χ0n) is 22.5. The second-order valence-electron chi connectivity index (χ2n) is 10.9. The average molecular weight is 517 g/mol. The summed E-state index contributed by atoms with van der Waals surface area (Å²) in [4.78, 5) is 15.5. The van der Waals surface area contributed by atoms with Gasteiger partial charge in [0.05, 0.1) is 22.5 Å². The number of aryl methyl sites for hydroxylation is 2. The Labute approximate surface area is 223 Å². The molecule has 0 aliphatic carbocycles. The Morgan fingerprint density at radius 1 is 1.03 bits per heavy atom. The fourth-order valence-corrected chi connectivity index (χ4v) is 5.54. The molecule has 37 heavy (non-hydrogen) atoms. The number of aromatic nitrogens is 3. The first kappa shape index (κ1) is 25.4. The molecule has 192 valence electrons. The first-order chi connectivity index (χ1) is 17.5. The van der Waals surface area contributed by atoms with Crippen LogP contribution >= 0.6 is 11.6 Å². The molecule has 7 heteroatoms. The number of rotatable bonds is 5. The SMILES string of the molecule is CC(=O)[C@@H](OC(C)(C)C)c1c(C)c2c3c(cc(C)n3CCN2c2ccc(C)nn2)c1-c1ccc(Cl)cc1. The minimum atomic E-state index is -0.733. The molecular weight excluding hydrogens is 484 g/mol. The van der Waals surface area contributed by atoms with E-state index in [0.717, 1.165) is 63.4 Å². The van der Waals surface area contributed by atoms with Gasteiger partial charge in [-0.3, -0.25) is 4.79 Å². The lowest BCUT2D eigenvalue weighted by molar-refractivity contribution is -0.138. The molecule has 2 aromatic carbocycles. The van der Waals surface area contributed by atoms with E-state index in [0.29, 0.717) is 5.02 Å². The van der Waals surface area contributed by atoms with E-state index in [2.05, 4.69) is 39.6 Å². The van der Waals surface area contributed by atoms with Gasteiger partial charge in [-0.15, -0.1) is 5.10 Å². The summed E-state index contributed by atoms with van der Waals surface area (Å²) in [6.45, 7) is 15.3. The molecule has 1 aliphatic heterocycles. The largest absolute Gasteiger partial charge is 0.360 e. The molecule has 0 amide bonds. The molecule has 3 heterocycles. The van der Waals surface area contributed by atoms with Gasteiger partial charge in [-0.2, -0.15) is 5.10 Å². The average Bonchev–Trinajstić information content (AvgIpc) is 3.17. The van der Waals surface area contributed by atoms with Gasteiger partial charge in [0.25, 0.3) is 0 Å². The number of nitrogens with zero attached hydrogens (tertiary/aromatic N) is 4. The van der Waals surface area contributed by atoms with Crippen LogP contribution in [0.4, 0.5) is 11.5 Å². The first-order valence-electron chi connectivity index (χ1n) is 12.6. The van der Waals surface area contributed by atoms with Gasteiger partial charge in [0.15, 0.2) is 11.6 Å². The minimum Gasteiger partial charge on any atom is -0.360 e. The van der Waals surface area contributed by atoms with Crippen LogP contribution < -0.4 is 4.90 Å². The quantitative estimate of drug-likeness (QED) is 0.279. The van der Waals surface area contributed by atoms with Gasteiger partial charge in [-0.1, -0.05) is 23.7 Å². The zero-order valence-corrected chi connectivity index (χ0v) is 23.3. The zero-order chi connectivity index (χ0) is 26.6. The van der Waals surface area contributed by atoms with E-state index >= 15 is 0 Å². The highest BCUT2D eigenvalue weighted by Crippen LogP contribution is 2.49. The van der Waals surface area contributed by atoms with Crippen LogP contribution in [0.1, 0.15) is 56.3 Å². The van der Waals surface area contributed by atoms with Crippen molar-refractivity contribution in [1.82, 2.24) is 14.8 Å². The van der Waals surface area contributed by atoms with Gasteiger partial charge < -0.3 is 14.2 Å². The van der Waals surface area contributed by atoms with Crippen LogP contribution in [-0.2, 0) is 16.1 Å². The highest BCUT2D eigenvalue weighted by Gasteiger charge is 2.35. The van der Waals surface area contributed by atoms with Crippen molar-refractivity contribution in [3.63, 3.8) is 0 Å². The third-order valence-corrected chi connectivity index (χ3v) is 7.19. The maximum Gasteiger partial charge on any atom is 0.163 e. The van der Waals surface area contributed by atoms with E-state index in [4.69, 9.17) is 16.3 Å². The third kappa shape index (κ3) is 4.53. The maximum atomic E-state index is 13.2. The van der Waals surface area contributed by atoms with Crippen LogP contribution in [0.15, 0.2) is 42.5 Å². The standard InChI is InChI=1S/C30H33ClN4O2/c1-17-8-13-24(33-32-17)35-15-14-34-18(2)16-23-26(21-9-11-22(31)12-10-21)25(19(3)27(35)28(23)34)29(20(4)36)37-30(5,6)7/h8-13,16,29H,14-15H2,1-7H3/t29-/m1/s1. The summed E-state index contributed by atoms with van der Waals surface area (Å²) < 4.78 is 8.85. The summed E-state index contributed by atoms with van der Waals surface area (Å²) in [6, 6.07) is 14.1. The molecule has 6 nitrogen and oxygen atoms in total. The monoisotopic (exact) mass is 516 g/mol. The number of benzene rings is 2. The third-order valence-electron chi connectivity index (χ3n) is 6.94. The second-order valence-corrected chi connectivity index (χ2v) is 11.3. The summed E-state index contributed by atoms with van der Waals surface area (Å²) >= 11 is 6.27. The summed E-state index contributed by atoms with van der Waals surface area (Å²) in [5.41, 5.74) is 7.61. The maximum absolute atomic E-state index is 13.2. The highest BCUT2D eigenvalue weighted by atomic mass is 35.5. The summed E-state index contributed by atoms with van der Waals surface area (Å²) in [7, 11) is 0. The van der Waals surface area contributed by atoms with Crippen LogP contribution in [0.2, 0.25) is 5.02 Å². The van der Waals surface area contributed by atoms with Crippen molar-refractivity contribution >= 4 is 39.8 Å². The summed E-state index contributed by atoms with van der Waals surface area (Å²) in [6.07, 6.45) is -0.733. The van der Waals surface area contributed by atoms with Crippen molar-refractivity contribution in [2.75, 3.05) is 11.4 Å². The van der Waals surface area contributed by atoms with Crippen LogP contribution in [0, 0.1) is 20.8 Å². The van der Waals surface area contributed by atoms with Gasteiger partial charge in [0.1, 0.15) is 6.10 Å². The molecule has 0 unspecified atom stereocenters. The number of Topliss-reactive ketones (excluding diaryl/α,β-unsaturated/α-hetero) is 1. The number of ether oxygens (including phenoxy) is 1. The molecule has 0 saturated heterocycles. The fourth-order valence-electron chi connectivity index (χ4n) is 5.41. The van der Waals surface area contributed by atoms with Crippen molar-refractivity contribution in [3.8, 4) is 11.1 Å². The Morgan fingerprint density at radius 2 is 1.73 bits per heavy atom. The van der Waals surface area contributed by atoms with E-state index in [1.165, 1.54) is 5.69 Å². The molecule has 0 bridgehead atoms. The Bertz CT molecular complexity index is 1500. The lowest BCUT2D eigenvalue weighted by atomic mass is 9.86. The highest BCUT2D eigenvalue weighted by molar-refractivity contribution is 6.30. The number of halogens is 1. The molecule has 0 fully saturated rings. The number of ketones is 1. The Hall–Kier alpha value is -3.22. The van der Waals surface area contributed by atoms with Crippen LogP contribution in [0.5, 0.6) is 0 Å². The number of hydrogen-bond acceptors (Lipinski definition) is 5. The van der Waals surface area contributed by atoms with Gasteiger partial charge in [0.2, 0.25) is 0 Å². The van der Waals surface area contributed by atoms with Crippen molar-refractivity contribution in [2.45, 2.75) is 66.7 Å². The summed E-state index contributed by atoms with van der Waals surface area (Å²) in [5, 5.41) is 10.6. The van der Waals surface area contributed by atoms with E-state index in [1.807, 2.05) is 64.1 Å². The normalized spacial score (nSPS) is 14.3. The second kappa shape index (κ2) is 9.26. The van der Waals surface area contributed by atoms with Crippen molar-refractivity contribution in [2.24, 2.45) is 0 Å². The molecule has 0 radical (unpaired) electrons. The predicted octanol–water partition coefficient (Wildman–Crippen LogP) is 7.27. The van der Waals surface area contributed by atoms with E-state index in [1.54, 1.807) is 6.92 Å². The molecule has 5 rings (SSSR count). The van der Waals surface area contributed by atoms with Gasteiger partial charge >= 0.3 is 0 Å². The number of hydrogen-bond donors (Lipinski definition) is 0. The number of carbonyl (C=O) groups is 1. The van der Waals surface area contributed by atoms with Crippen molar-refractivity contribution in [3.05, 3.63) is 70.0 Å². The first-order valence-corrected chi connectivity index (χ1v) is 13.0. The number of carbonyl (C=O) groups excluding carboxylic acids is 1. The minimum absolute atomic E-state index is 0.0339. The van der Waals surface area contributed by atoms with Gasteiger partial charge in [0, 0.05) is 34.8 Å². The van der Waals surface area contributed by atoms with E-state index < -0.39 is 11.7 Å². The molecule has 1 aliphatic rings. The topological polar surface area (TPSA) is 60.2 Å². The molecular formula is C30H33ClN4O2. The van der Waals surface area contributed by atoms with Crippen LogP contribution in [0.25, 0.3) is 22.0 Å². The molecule has 0 saturated carbocycles. The molecule has 0 spiro atoms. The Balaban J connectivity index is 1.90. The smallest absolute Gasteiger partial charge is 0.163 e. The van der Waals surface area contributed by atoms with E-state index in [-0.39, 0.29) is 5.78 Å². The fraction of sp³-hybridized carbons (Fsp3) is 0.367. The molecule has 2 aromatic heterocycles. The summed E-state index contributed by atoms with van der Waals surface area (Å²) in [5.74, 6) is 0.759. The van der Waals surface area contributed by atoms with Crippen LogP contribution in [-0.4, -0.2) is 32.7 Å². The molecule has 1 atom stereocenters. The van der Waals surface area contributed by atoms with E-state index in [9.17, 15) is 4.79 Å². The van der Waals surface area contributed by atoms with Crippen molar-refractivity contribution in [1.29, 1.82) is 0 Å².